The summed E-state index contributed by atoms with van der Waals surface area (Å²) in [6, 6.07) is 13.9. The number of hydrogen-bond acceptors (Lipinski definition) is 4. The normalized spacial score (nSPS) is 15.5. The van der Waals surface area contributed by atoms with Crippen molar-refractivity contribution in [2.75, 3.05) is 6.61 Å². The molecule has 0 heterocycles. The first-order chi connectivity index (χ1) is 16.3. The third-order valence-electron chi connectivity index (χ3n) is 6.23. The molecule has 3 N–H and O–H groups in total. The third-order valence-corrected chi connectivity index (χ3v) is 6.23. The summed E-state index contributed by atoms with van der Waals surface area (Å²) in [5.74, 6) is -3.68. The maximum Gasteiger partial charge on any atom is 0.420 e. The minimum absolute atomic E-state index is 0.233. The van der Waals surface area contributed by atoms with Crippen LogP contribution < -0.4 is 10.6 Å². The molecule has 0 fully saturated rings. The second-order valence-electron chi connectivity index (χ2n) is 9.00. The number of alkyl halides is 3. The van der Waals surface area contributed by atoms with Crippen LogP contribution >= 0.6 is 0 Å². The summed E-state index contributed by atoms with van der Waals surface area (Å²) in [7, 11) is 0. The molecular formula is C25H27F3N2O5. The van der Waals surface area contributed by atoms with Gasteiger partial charge in [0.2, 0.25) is 5.54 Å². The average Bonchev–Trinajstić information content (AvgIpc) is 3.09. The van der Waals surface area contributed by atoms with E-state index in [2.05, 4.69) is 5.32 Å². The summed E-state index contributed by atoms with van der Waals surface area (Å²) in [5, 5.41) is 12.8. The molecule has 188 valence electrons. The molecule has 0 radical (unpaired) electrons. The predicted molar refractivity (Wildman–Crippen MR) is 122 cm³/mol. The number of fused-ring (bicyclic) bond motifs is 3. The number of benzene rings is 2. The van der Waals surface area contributed by atoms with E-state index >= 15 is 0 Å². The largest absolute Gasteiger partial charge is 0.481 e. The fraction of sp³-hybridized carbons (Fsp3) is 0.400. The SMILES string of the molecule is CC(C)[C@@H](CC(=O)O)NC(=O)C(C)(NC(=O)OCC1c2ccccc2-c2ccccc21)C(F)(F)F. The fourth-order valence-corrected chi connectivity index (χ4v) is 4.05. The smallest absolute Gasteiger partial charge is 0.420 e. The van der Waals surface area contributed by atoms with E-state index < -0.39 is 48.1 Å². The lowest BCUT2D eigenvalue weighted by Gasteiger charge is -2.33. The first kappa shape index (κ1) is 26.1. The highest BCUT2D eigenvalue weighted by molar-refractivity contribution is 5.91. The molecule has 2 aromatic rings. The molecule has 2 amide bonds. The molecule has 1 unspecified atom stereocenters. The molecule has 0 bridgehead atoms. The van der Waals surface area contributed by atoms with Crippen LogP contribution in [0.3, 0.4) is 0 Å². The van der Waals surface area contributed by atoms with Crippen molar-refractivity contribution in [1.29, 1.82) is 0 Å². The highest BCUT2D eigenvalue weighted by Crippen LogP contribution is 2.44. The van der Waals surface area contributed by atoms with E-state index in [1.165, 1.54) is 0 Å². The van der Waals surface area contributed by atoms with E-state index in [0.717, 1.165) is 22.3 Å². The second kappa shape index (κ2) is 9.97. The van der Waals surface area contributed by atoms with E-state index in [9.17, 15) is 27.6 Å². The molecule has 7 nitrogen and oxygen atoms in total. The zero-order valence-electron chi connectivity index (χ0n) is 19.5. The molecule has 2 atom stereocenters. The summed E-state index contributed by atoms with van der Waals surface area (Å²) in [6.07, 6.45) is -7.16. The number of carboxylic acids is 1. The Hall–Kier alpha value is -3.56. The molecular weight excluding hydrogens is 465 g/mol. The molecule has 0 aromatic heterocycles. The molecule has 3 rings (SSSR count). The number of aliphatic carboxylic acids is 1. The van der Waals surface area contributed by atoms with Gasteiger partial charge in [0.25, 0.3) is 5.91 Å². The minimum Gasteiger partial charge on any atom is -0.481 e. The fourth-order valence-electron chi connectivity index (χ4n) is 4.05. The van der Waals surface area contributed by atoms with E-state index in [-0.39, 0.29) is 12.5 Å². The predicted octanol–water partition coefficient (Wildman–Crippen LogP) is 4.46. The second-order valence-corrected chi connectivity index (χ2v) is 9.00. The van der Waals surface area contributed by atoms with Crippen LogP contribution in [-0.4, -0.2) is 47.4 Å². The topological polar surface area (TPSA) is 105 Å². The standard InChI is InChI=1S/C25H27F3N2O5/c1-14(2)20(12-21(31)32)29-22(33)24(3,25(26,27)28)30-23(34)35-13-19-17-10-6-4-8-15(17)16-9-5-7-11-18(16)19/h4-11,14,19-20H,12-13H2,1-3H3,(H,29,33)(H,30,34)(H,31,32)/t20-,24?/m1/s1. The Kier molecular flexibility index (Phi) is 7.42. The van der Waals surface area contributed by atoms with Gasteiger partial charge in [-0.15, -0.1) is 0 Å². The zero-order valence-corrected chi connectivity index (χ0v) is 19.5. The first-order valence-corrected chi connectivity index (χ1v) is 11.1. The first-order valence-electron chi connectivity index (χ1n) is 11.1. The van der Waals surface area contributed by atoms with E-state index in [1.54, 1.807) is 19.2 Å². The number of ether oxygens (including phenoxy) is 1. The van der Waals surface area contributed by atoms with Gasteiger partial charge in [0.15, 0.2) is 0 Å². The summed E-state index contributed by atoms with van der Waals surface area (Å²) in [4.78, 5) is 36.2. The molecule has 35 heavy (non-hydrogen) atoms. The Morgan fingerprint density at radius 1 is 1.00 bits per heavy atom. The van der Waals surface area contributed by atoms with Crippen LogP contribution in [0.4, 0.5) is 18.0 Å². The molecule has 0 saturated heterocycles. The molecule has 0 aliphatic heterocycles. The number of nitrogens with one attached hydrogen (secondary N) is 2. The molecule has 0 spiro atoms. The van der Waals surface area contributed by atoms with Gasteiger partial charge in [0.1, 0.15) is 6.61 Å². The molecule has 1 aliphatic carbocycles. The van der Waals surface area contributed by atoms with Crippen LogP contribution in [0.5, 0.6) is 0 Å². The van der Waals surface area contributed by atoms with Crippen molar-refractivity contribution in [3.05, 3.63) is 59.7 Å². The van der Waals surface area contributed by atoms with Gasteiger partial charge in [0, 0.05) is 12.0 Å². The summed E-state index contributed by atoms with van der Waals surface area (Å²) in [5.41, 5.74) is 0.336. The Morgan fingerprint density at radius 3 is 1.97 bits per heavy atom. The van der Waals surface area contributed by atoms with Crippen LogP contribution in [-0.2, 0) is 14.3 Å². The number of amides is 2. The van der Waals surface area contributed by atoms with Crippen LogP contribution in [0.25, 0.3) is 11.1 Å². The lowest BCUT2D eigenvalue weighted by molar-refractivity contribution is -0.194. The van der Waals surface area contributed by atoms with Crippen molar-refractivity contribution >= 4 is 18.0 Å². The Labute approximate surface area is 200 Å². The van der Waals surface area contributed by atoms with Gasteiger partial charge in [-0.2, -0.15) is 13.2 Å². The number of carboxylic acid groups (broad SMARTS) is 1. The van der Waals surface area contributed by atoms with Crippen molar-refractivity contribution in [2.45, 2.75) is 50.9 Å². The van der Waals surface area contributed by atoms with E-state index in [1.807, 2.05) is 48.5 Å². The Morgan fingerprint density at radius 2 is 1.51 bits per heavy atom. The average molecular weight is 492 g/mol. The number of hydrogen-bond donors (Lipinski definition) is 3. The van der Waals surface area contributed by atoms with Crippen LogP contribution in [0, 0.1) is 5.92 Å². The number of carbonyl (C=O) groups excluding carboxylic acids is 2. The van der Waals surface area contributed by atoms with Gasteiger partial charge in [0.05, 0.1) is 6.42 Å². The molecule has 1 aliphatic rings. The molecule has 0 saturated carbocycles. The maximum atomic E-state index is 13.9. The van der Waals surface area contributed by atoms with Crippen LogP contribution in [0.2, 0.25) is 0 Å². The molecule has 2 aromatic carbocycles. The number of alkyl carbamates (subject to hydrolysis) is 1. The van der Waals surface area contributed by atoms with Gasteiger partial charge in [-0.1, -0.05) is 62.4 Å². The minimum atomic E-state index is -5.17. The third kappa shape index (κ3) is 5.41. The van der Waals surface area contributed by atoms with E-state index in [0.29, 0.717) is 6.92 Å². The Bertz CT molecular complexity index is 1070. The van der Waals surface area contributed by atoms with Crippen LogP contribution in [0.15, 0.2) is 48.5 Å². The monoisotopic (exact) mass is 492 g/mol. The van der Waals surface area contributed by atoms with Crippen molar-refractivity contribution in [3.8, 4) is 11.1 Å². The highest BCUT2D eigenvalue weighted by Gasteiger charge is 2.58. The number of carbonyl (C=O) groups is 3. The Balaban J connectivity index is 1.75. The van der Waals surface area contributed by atoms with Gasteiger partial charge in [-0.05, 0) is 35.1 Å². The number of halogens is 3. The van der Waals surface area contributed by atoms with Gasteiger partial charge in [-0.25, -0.2) is 4.79 Å². The lowest BCUT2D eigenvalue weighted by atomic mass is 9.96. The van der Waals surface area contributed by atoms with Crippen molar-refractivity contribution in [1.82, 2.24) is 10.6 Å². The lowest BCUT2D eigenvalue weighted by Crippen LogP contribution is -2.66. The van der Waals surface area contributed by atoms with Crippen molar-refractivity contribution in [2.24, 2.45) is 5.92 Å². The quantitative estimate of drug-likeness (QED) is 0.505. The van der Waals surface area contributed by atoms with Crippen molar-refractivity contribution in [3.63, 3.8) is 0 Å². The summed E-state index contributed by atoms with van der Waals surface area (Å²) < 4.78 is 46.9. The van der Waals surface area contributed by atoms with Gasteiger partial charge in [-0.3, -0.25) is 14.9 Å². The zero-order chi connectivity index (χ0) is 26.0. The van der Waals surface area contributed by atoms with E-state index in [4.69, 9.17) is 9.84 Å². The van der Waals surface area contributed by atoms with Gasteiger partial charge < -0.3 is 15.2 Å². The number of rotatable bonds is 8. The van der Waals surface area contributed by atoms with Crippen molar-refractivity contribution < 1.29 is 37.4 Å². The molecule has 10 heteroatoms. The summed E-state index contributed by atoms with van der Waals surface area (Å²) >= 11 is 0. The van der Waals surface area contributed by atoms with Crippen LogP contribution in [0.1, 0.15) is 44.2 Å². The highest BCUT2D eigenvalue weighted by atomic mass is 19.4. The maximum absolute atomic E-state index is 13.9. The summed E-state index contributed by atoms with van der Waals surface area (Å²) in [6.45, 7) is 3.42. The van der Waals surface area contributed by atoms with Gasteiger partial charge >= 0.3 is 18.2 Å².